The normalized spacial score (nSPS) is 16.5. The molecule has 0 fully saturated rings. The van der Waals surface area contributed by atoms with Gasteiger partial charge in [0.2, 0.25) is 0 Å². The Labute approximate surface area is 221 Å². The molecule has 0 aliphatic rings. The summed E-state index contributed by atoms with van der Waals surface area (Å²) in [5, 5.41) is 61.9. The van der Waals surface area contributed by atoms with Crippen molar-refractivity contribution >= 4 is 75.4 Å². The molecule has 0 bridgehead atoms. The van der Waals surface area contributed by atoms with Crippen LogP contribution in [0.25, 0.3) is 75.4 Å². The second kappa shape index (κ2) is 6.00. The van der Waals surface area contributed by atoms with E-state index in [9.17, 15) is 40.2 Å². The predicted molar refractivity (Wildman–Crippen MR) is 146 cm³/mol. The third-order valence-electron chi connectivity index (χ3n) is 7.70. The summed E-state index contributed by atoms with van der Waals surface area (Å²) in [5.41, 5.74) is -3.73. The lowest BCUT2D eigenvalue weighted by molar-refractivity contribution is 0.458. The molecule has 8 aromatic rings. The quantitative estimate of drug-likeness (QED) is 0.121. The van der Waals surface area contributed by atoms with Crippen LogP contribution in [-0.4, -0.2) is 30.6 Å². The zero-order chi connectivity index (χ0) is 33.4. The zero-order valence-electron chi connectivity index (χ0n) is 26.7. The van der Waals surface area contributed by atoms with Crippen molar-refractivity contribution in [1.82, 2.24) is 0 Å². The van der Waals surface area contributed by atoms with Crippen LogP contribution >= 0.6 is 0 Å². The van der Waals surface area contributed by atoms with Crippen molar-refractivity contribution in [3.63, 3.8) is 0 Å². The molecule has 0 heterocycles. The summed E-state index contributed by atoms with van der Waals surface area (Å²) in [6.07, 6.45) is 0. The summed E-state index contributed by atoms with van der Waals surface area (Å²) in [6.45, 7) is -6.54. The van der Waals surface area contributed by atoms with E-state index in [1.807, 2.05) is 0 Å². The van der Waals surface area contributed by atoms with Crippen LogP contribution in [0.4, 0.5) is 0 Å². The molecular weight excluding hydrogens is 488 g/mol. The van der Waals surface area contributed by atoms with Gasteiger partial charge in [-0.25, -0.2) is 0 Å². The van der Waals surface area contributed by atoms with Crippen LogP contribution in [-0.2, 0) is 0 Å². The highest BCUT2D eigenvalue weighted by atomic mass is 16.3. The second-order valence-electron chi connectivity index (χ2n) is 9.43. The van der Waals surface area contributed by atoms with Gasteiger partial charge in [0.25, 0.3) is 0 Å². The molecule has 8 nitrogen and oxygen atoms in total. The van der Waals surface area contributed by atoms with E-state index in [-0.39, 0.29) is 21.5 Å². The van der Waals surface area contributed by atoms with Gasteiger partial charge in [-0.3, -0.25) is 9.59 Å². The summed E-state index contributed by atoms with van der Waals surface area (Å²) in [5.74, 6) is -5.64. The van der Waals surface area contributed by atoms with Crippen molar-refractivity contribution < 1.29 is 41.6 Å². The summed E-state index contributed by atoms with van der Waals surface area (Å²) < 4.78 is 67.4. The number of phenolic OH excluding ortho intramolecular Hbond substituents is 6. The highest BCUT2D eigenvalue weighted by Gasteiger charge is 2.33. The van der Waals surface area contributed by atoms with Gasteiger partial charge >= 0.3 is 0 Å². The van der Waals surface area contributed by atoms with Crippen molar-refractivity contribution in [3.8, 4) is 34.5 Å². The van der Waals surface area contributed by atoms with Crippen LogP contribution in [0.1, 0.15) is 22.1 Å². The molecule has 0 atom stereocenters. The van der Waals surface area contributed by atoms with Gasteiger partial charge in [-0.1, -0.05) is 0 Å². The molecule has 0 aliphatic carbocycles. The highest BCUT2D eigenvalue weighted by Crippen LogP contribution is 2.59. The van der Waals surface area contributed by atoms with E-state index < -0.39 is 136 Å². The Balaban J connectivity index is 2.04. The first kappa shape index (κ1) is 14.5. The number of fused-ring (bicyclic) bond motifs is 2. The fourth-order valence-corrected chi connectivity index (χ4v) is 6.45. The molecule has 8 rings (SSSR count). The lowest BCUT2D eigenvalue weighted by Gasteiger charge is -2.25. The van der Waals surface area contributed by atoms with E-state index in [1.54, 1.807) is 0 Å². The van der Waals surface area contributed by atoms with Crippen LogP contribution in [0, 0.1) is 13.7 Å². The Morgan fingerprint density at radius 2 is 0.789 bits per heavy atom. The minimum atomic E-state index is -3.27. The van der Waals surface area contributed by atoms with Gasteiger partial charge in [-0.2, -0.15) is 0 Å². The van der Waals surface area contributed by atoms with E-state index in [2.05, 4.69) is 0 Å². The molecule has 0 aliphatic heterocycles. The Bertz CT molecular complexity index is 2650. The van der Waals surface area contributed by atoms with E-state index >= 15 is 0 Å². The number of aromatic hydroxyl groups is 6. The van der Waals surface area contributed by atoms with E-state index in [0.717, 1.165) is 0 Å². The maximum absolute atomic E-state index is 13.6. The van der Waals surface area contributed by atoms with Gasteiger partial charge in [0, 0.05) is 63.4 Å². The standard InChI is InChI=1S/C30H16O8/c1-7-3-9(31)19-23-15(7)16-8(2)4-10(32)20-24(16)28-26-18(12(34)6-14(36)22(26)30(20)38)17-11(33)5-13(35)21(29(19)37)25(17)27(23)28/h3-6,31-32,35-38H,1-2H3/i1D3,2D3,3D,4D. The number of benzene rings is 8. The smallest absolute Gasteiger partial charge is 0.190 e. The molecule has 0 saturated carbocycles. The first-order valence-electron chi connectivity index (χ1n) is 15.2. The summed E-state index contributed by atoms with van der Waals surface area (Å²) in [7, 11) is 0. The minimum Gasteiger partial charge on any atom is -0.507 e. The molecule has 0 unspecified atom stereocenters. The van der Waals surface area contributed by atoms with Gasteiger partial charge in [-0.05, 0) is 47.7 Å². The molecule has 6 N–H and O–H groups in total. The Morgan fingerprint density at radius 1 is 0.474 bits per heavy atom. The number of rotatable bonds is 0. The maximum Gasteiger partial charge on any atom is 0.190 e. The lowest BCUT2D eigenvalue weighted by atomic mass is 9.78. The maximum atomic E-state index is 13.6. The van der Waals surface area contributed by atoms with Crippen LogP contribution in [0.5, 0.6) is 34.5 Å². The average Bonchev–Trinajstić information content (AvgIpc) is 2.92. The van der Waals surface area contributed by atoms with Gasteiger partial charge in [0.1, 0.15) is 34.5 Å². The summed E-state index contributed by atoms with van der Waals surface area (Å²) >= 11 is 0. The molecule has 8 heteroatoms. The summed E-state index contributed by atoms with van der Waals surface area (Å²) in [6, 6.07) is -0.734. The van der Waals surface area contributed by atoms with Crippen LogP contribution in [0.3, 0.4) is 0 Å². The molecule has 0 spiro atoms. The van der Waals surface area contributed by atoms with Crippen molar-refractivity contribution in [2.75, 3.05) is 0 Å². The van der Waals surface area contributed by atoms with Gasteiger partial charge in [0.05, 0.1) is 24.3 Å². The molecule has 0 amide bonds. The lowest BCUT2D eigenvalue weighted by Crippen LogP contribution is -2.10. The Kier molecular flexibility index (Phi) is 2.29. The molecule has 0 aromatic heterocycles. The van der Waals surface area contributed by atoms with Crippen LogP contribution in [0.15, 0.2) is 33.8 Å². The first-order valence-corrected chi connectivity index (χ1v) is 11.2. The number of aryl methyl sites for hydroxylation is 2. The van der Waals surface area contributed by atoms with Crippen LogP contribution < -0.4 is 10.9 Å². The molecule has 184 valence electrons. The average molecular weight is 512 g/mol. The van der Waals surface area contributed by atoms with Crippen molar-refractivity contribution in [2.45, 2.75) is 13.7 Å². The van der Waals surface area contributed by atoms with Crippen molar-refractivity contribution in [1.29, 1.82) is 0 Å². The zero-order valence-corrected chi connectivity index (χ0v) is 18.7. The molecule has 8 aromatic carbocycles. The molecule has 38 heavy (non-hydrogen) atoms. The monoisotopic (exact) mass is 512 g/mol. The van der Waals surface area contributed by atoms with Gasteiger partial charge in [0.15, 0.2) is 10.9 Å². The number of phenols is 6. The fourth-order valence-electron chi connectivity index (χ4n) is 6.45. The minimum absolute atomic E-state index is 0.213. The summed E-state index contributed by atoms with van der Waals surface area (Å²) in [4.78, 5) is 27.2. The third kappa shape index (κ3) is 1.93. The highest BCUT2D eigenvalue weighted by molar-refractivity contribution is 6.51. The van der Waals surface area contributed by atoms with E-state index in [1.165, 1.54) is 0 Å². The van der Waals surface area contributed by atoms with Crippen molar-refractivity contribution in [2.24, 2.45) is 0 Å². The Hall–Kier alpha value is -5.24. The number of hydrogen-bond donors (Lipinski definition) is 6. The number of hydrogen-bond acceptors (Lipinski definition) is 8. The van der Waals surface area contributed by atoms with Gasteiger partial charge < -0.3 is 30.6 Å². The largest absolute Gasteiger partial charge is 0.507 e. The topological polar surface area (TPSA) is 156 Å². The second-order valence-corrected chi connectivity index (χ2v) is 9.43. The Morgan fingerprint density at radius 3 is 1.16 bits per heavy atom. The molecular formula is C30H16O8. The van der Waals surface area contributed by atoms with Crippen LogP contribution in [0.2, 0.25) is 0 Å². The van der Waals surface area contributed by atoms with Crippen molar-refractivity contribution in [3.05, 3.63) is 55.8 Å². The predicted octanol–water partition coefficient (Wildman–Crippen LogP) is 5.08. The van der Waals surface area contributed by atoms with E-state index in [4.69, 9.17) is 11.0 Å². The van der Waals surface area contributed by atoms with Gasteiger partial charge in [-0.15, -0.1) is 0 Å². The van der Waals surface area contributed by atoms with E-state index in [0.29, 0.717) is 12.1 Å². The first-order chi connectivity index (χ1) is 21.3. The third-order valence-corrected chi connectivity index (χ3v) is 7.70. The molecule has 0 saturated heterocycles. The SMILES string of the molecule is [2H]c1c(O)c2c(O)c3c(O)cc(=O)c4c5c(=O)cc(O)c6c(O)c7c(O)c([2H])c(C([2H])([2H])[2H])c8c(c1C([2H])([2H])[2H])c2c(c34)c(c78)c65. The fraction of sp³-hybridized carbons (Fsp3) is 0.0667. The molecule has 0 radical (unpaired) electrons.